The molecule has 134 valence electrons. The molecule has 1 aliphatic rings. The van der Waals surface area contributed by atoms with Crippen LogP contribution in [0.3, 0.4) is 0 Å². The molecule has 0 unspecified atom stereocenters. The van der Waals surface area contributed by atoms with Crippen LogP contribution in [0.1, 0.15) is 30.0 Å². The lowest BCUT2D eigenvalue weighted by Crippen LogP contribution is -2.32. The first-order chi connectivity index (χ1) is 12.6. The summed E-state index contributed by atoms with van der Waals surface area (Å²) in [5, 5.41) is 1.45. The molecule has 0 saturated heterocycles. The summed E-state index contributed by atoms with van der Waals surface area (Å²) in [7, 11) is 0. The Labute approximate surface area is 156 Å². The molecule has 0 amide bonds. The molecule has 0 N–H and O–H groups in total. The van der Waals surface area contributed by atoms with Crippen LogP contribution >= 0.6 is 11.6 Å². The Kier molecular flexibility index (Phi) is 4.37. The van der Waals surface area contributed by atoms with Crippen molar-refractivity contribution >= 4 is 28.3 Å². The number of hydrogen-bond donors (Lipinski definition) is 0. The van der Waals surface area contributed by atoms with E-state index in [0.29, 0.717) is 29.6 Å². The van der Waals surface area contributed by atoms with Crippen molar-refractivity contribution in [3.63, 3.8) is 0 Å². The minimum absolute atomic E-state index is 0.335. The summed E-state index contributed by atoms with van der Waals surface area (Å²) >= 11 is 6.49. The molecule has 1 aliphatic heterocycles. The minimum atomic E-state index is -0.335. The van der Waals surface area contributed by atoms with Gasteiger partial charge in [-0.1, -0.05) is 37.1 Å². The highest BCUT2D eigenvalue weighted by Crippen LogP contribution is 2.40. The molecule has 2 aromatic carbocycles. The molecule has 2 heterocycles. The molecule has 0 fully saturated rings. The smallest absolute Gasteiger partial charge is 0.336 e. The number of aryl methyl sites for hydroxylation is 2. The van der Waals surface area contributed by atoms with E-state index >= 15 is 0 Å². The normalized spacial score (nSPS) is 13.6. The first-order valence-electron chi connectivity index (χ1n) is 8.79. The Bertz CT molecular complexity index is 1040. The molecule has 0 radical (unpaired) electrons. The molecule has 4 nitrogen and oxygen atoms in total. The molecule has 4 rings (SSSR count). The van der Waals surface area contributed by atoms with E-state index in [0.717, 1.165) is 35.0 Å². The van der Waals surface area contributed by atoms with E-state index in [1.54, 1.807) is 6.07 Å². The van der Waals surface area contributed by atoms with Crippen LogP contribution in [0.25, 0.3) is 11.0 Å². The molecule has 5 heteroatoms. The van der Waals surface area contributed by atoms with Gasteiger partial charge in [0, 0.05) is 17.1 Å². The van der Waals surface area contributed by atoms with Gasteiger partial charge in [0.25, 0.3) is 0 Å². The number of benzene rings is 2. The van der Waals surface area contributed by atoms with Gasteiger partial charge in [-0.05, 0) is 42.7 Å². The Balaban J connectivity index is 1.87. The third kappa shape index (κ3) is 2.95. The average Bonchev–Trinajstić information content (AvgIpc) is 2.63. The van der Waals surface area contributed by atoms with Crippen molar-refractivity contribution in [3.05, 3.63) is 68.5 Å². The quantitative estimate of drug-likeness (QED) is 0.605. The Morgan fingerprint density at radius 1 is 1.23 bits per heavy atom. The Hall–Kier alpha value is -2.46. The molecule has 0 saturated carbocycles. The summed E-state index contributed by atoms with van der Waals surface area (Å²) in [5.41, 5.74) is 4.29. The van der Waals surface area contributed by atoms with Crippen LogP contribution in [0.4, 0.5) is 5.69 Å². The maximum Gasteiger partial charge on any atom is 0.336 e. The van der Waals surface area contributed by atoms with E-state index in [1.165, 1.54) is 5.56 Å². The summed E-state index contributed by atoms with van der Waals surface area (Å²) in [5.74, 6) is 0.611. The Morgan fingerprint density at radius 2 is 2.08 bits per heavy atom. The van der Waals surface area contributed by atoms with E-state index in [2.05, 4.69) is 30.9 Å². The molecular formula is C21H20ClNO3. The highest BCUT2D eigenvalue weighted by atomic mass is 35.5. The van der Waals surface area contributed by atoms with Crippen LogP contribution in [0.5, 0.6) is 5.75 Å². The van der Waals surface area contributed by atoms with Gasteiger partial charge >= 0.3 is 5.63 Å². The van der Waals surface area contributed by atoms with Gasteiger partial charge in [0.15, 0.2) is 6.73 Å². The van der Waals surface area contributed by atoms with Gasteiger partial charge in [-0.3, -0.25) is 0 Å². The highest BCUT2D eigenvalue weighted by molar-refractivity contribution is 6.33. The minimum Gasteiger partial charge on any atom is -0.471 e. The fraction of sp³-hybridized carbons (Fsp3) is 0.286. The monoisotopic (exact) mass is 369 g/mol. The van der Waals surface area contributed by atoms with E-state index in [4.69, 9.17) is 20.8 Å². The summed E-state index contributed by atoms with van der Waals surface area (Å²) in [6, 6.07) is 11.7. The maximum absolute atomic E-state index is 12.1. The van der Waals surface area contributed by atoms with Crippen molar-refractivity contribution in [2.75, 3.05) is 11.6 Å². The van der Waals surface area contributed by atoms with Gasteiger partial charge in [-0.15, -0.1) is 0 Å². The zero-order valence-corrected chi connectivity index (χ0v) is 15.6. The van der Waals surface area contributed by atoms with Gasteiger partial charge < -0.3 is 14.1 Å². The number of anilines is 1. The molecule has 26 heavy (non-hydrogen) atoms. The van der Waals surface area contributed by atoms with Crippen molar-refractivity contribution in [2.45, 2.75) is 33.2 Å². The number of fused-ring (bicyclic) bond motifs is 3. The molecule has 0 aliphatic carbocycles. The largest absolute Gasteiger partial charge is 0.471 e. The van der Waals surface area contributed by atoms with E-state index < -0.39 is 0 Å². The molecule has 1 aromatic heterocycles. The number of ether oxygens (including phenoxy) is 1. The number of nitrogens with zero attached hydrogens (tertiary/aromatic N) is 1. The second-order valence-corrected chi connectivity index (χ2v) is 7.10. The SMILES string of the molecule is CCCc1cc(=O)oc2c3c(c(Cl)cc12)OCN(c1cccc(C)c1)C3. The lowest BCUT2D eigenvalue weighted by Gasteiger charge is -2.31. The summed E-state index contributed by atoms with van der Waals surface area (Å²) < 4.78 is 11.5. The van der Waals surface area contributed by atoms with Crippen molar-refractivity contribution in [1.82, 2.24) is 0 Å². The number of hydrogen-bond acceptors (Lipinski definition) is 4. The third-order valence-corrected chi connectivity index (χ3v) is 5.00. The Morgan fingerprint density at radius 3 is 2.85 bits per heavy atom. The number of halogens is 1. The summed E-state index contributed by atoms with van der Waals surface area (Å²) in [4.78, 5) is 14.2. The second-order valence-electron chi connectivity index (χ2n) is 6.69. The van der Waals surface area contributed by atoms with Crippen LogP contribution in [-0.4, -0.2) is 6.73 Å². The van der Waals surface area contributed by atoms with Crippen molar-refractivity contribution in [2.24, 2.45) is 0 Å². The first-order valence-corrected chi connectivity index (χ1v) is 9.17. The average molecular weight is 370 g/mol. The summed E-state index contributed by atoms with van der Waals surface area (Å²) in [6.07, 6.45) is 1.75. The van der Waals surface area contributed by atoms with Gasteiger partial charge in [0.05, 0.1) is 17.1 Å². The molecule has 3 aromatic rings. The first kappa shape index (κ1) is 17.0. The predicted molar refractivity (Wildman–Crippen MR) is 104 cm³/mol. The maximum atomic E-state index is 12.1. The molecule has 0 spiro atoms. The standard InChI is InChI=1S/C21H20ClNO3/c1-3-5-14-9-19(24)26-20-16(14)10-18(22)21-17(20)11-23(12-25-21)15-7-4-6-13(2)8-15/h4,6-10H,3,5,11-12H2,1-2H3. The van der Waals surface area contributed by atoms with Gasteiger partial charge in [0.2, 0.25) is 0 Å². The lowest BCUT2D eigenvalue weighted by molar-refractivity contribution is 0.289. The molecule has 0 atom stereocenters. The highest BCUT2D eigenvalue weighted by Gasteiger charge is 2.25. The fourth-order valence-electron chi connectivity index (χ4n) is 3.52. The van der Waals surface area contributed by atoms with Crippen LogP contribution in [0, 0.1) is 6.92 Å². The van der Waals surface area contributed by atoms with Crippen molar-refractivity contribution in [1.29, 1.82) is 0 Å². The van der Waals surface area contributed by atoms with Gasteiger partial charge in [0.1, 0.15) is 11.3 Å². The fourth-order valence-corrected chi connectivity index (χ4v) is 3.80. The zero-order chi connectivity index (χ0) is 18.3. The lowest BCUT2D eigenvalue weighted by atomic mass is 10.0. The van der Waals surface area contributed by atoms with Crippen LogP contribution < -0.4 is 15.3 Å². The molecule has 0 bridgehead atoms. The van der Waals surface area contributed by atoms with Crippen molar-refractivity contribution < 1.29 is 9.15 Å². The van der Waals surface area contributed by atoms with Crippen LogP contribution in [-0.2, 0) is 13.0 Å². The zero-order valence-electron chi connectivity index (χ0n) is 14.8. The second kappa shape index (κ2) is 6.69. The predicted octanol–water partition coefficient (Wildman–Crippen LogP) is 5.06. The van der Waals surface area contributed by atoms with Crippen LogP contribution in [0.15, 0.2) is 45.6 Å². The topological polar surface area (TPSA) is 42.7 Å². The molecular weight excluding hydrogens is 350 g/mol. The number of rotatable bonds is 3. The van der Waals surface area contributed by atoms with E-state index in [9.17, 15) is 4.79 Å². The van der Waals surface area contributed by atoms with Crippen LogP contribution in [0.2, 0.25) is 5.02 Å². The van der Waals surface area contributed by atoms with Gasteiger partial charge in [-0.25, -0.2) is 4.79 Å². The third-order valence-electron chi connectivity index (χ3n) is 4.72. The van der Waals surface area contributed by atoms with Crippen molar-refractivity contribution in [3.8, 4) is 5.75 Å². The summed E-state index contributed by atoms with van der Waals surface area (Å²) in [6.45, 7) is 5.13. The van der Waals surface area contributed by atoms with Gasteiger partial charge in [-0.2, -0.15) is 0 Å². The van der Waals surface area contributed by atoms with E-state index in [-0.39, 0.29) is 5.63 Å². The van der Waals surface area contributed by atoms with E-state index in [1.807, 2.05) is 18.2 Å².